The first-order valence-electron chi connectivity index (χ1n) is 6.83. The quantitative estimate of drug-likeness (QED) is 0.869. The van der Waals surface area contributed by atoms with Crippen molar-refractivity contribution in [1.82, 2.24) is 15.1 Å². The highest BCUT2D eigenvalue weighted by Crippen LogP contribution is 2.18. The molecule has 1 aromatic carbocycles. The van der Waals surface area contributed by atoms with Gasteiger partial charge in [-0.3, -0.25) is 4.79 Å². The maximum atomic E-state index is 12.1. The van der Waals surface area contributed by atoms with Gasteiger partial charge in [0.25, 0.3) is 5.91 Å². The Morgan fingerprint density at radius 3 is 2.95 bits per heavy atom. The molecule has 2 aromatic rings. The number of rotatable bonds is 5. The van der Waals surface area contributed by atoms with Crippen molar-refractivity contribution in [3.05, 3.63) is 46.2 Å². The van der Waals surface area contributed by atoms with Crippen LogP contribution in [0.15, 0.2) is 34.9 Å². The SMILES string of the molecule is Cc1c(C(=O)NCCC(C)N)cnn1-c1cccc(Br)c1. The first kappa shape index (κ1) is 15.7. The molecule has 1 amide bonds. The number of hydrogen-bond donors (Lipinski definition) is 2. The van der Waals surface area contributed by atoms with Gasteiger partial charge in [0.1, 0.15) is 0 Å². The second-order valence-electron chi connectivity index (χ2n) is 5.06. The van der Waals surface area contributed by atoms with E-state index in [2.05, 4.69) is 26.3 Å². The van der Waals surface area contributed by atoms with E-state index in [0.29, 0.717) is 12.1 Å². The van der Waals surface area contributed by atoms with E-state index in [1.807, 2.05) is 38.1 Å². The van der Waals surface area contributed by atoms with Crippen LogP contribution in [0, 0.1) is 6.92 Å². The summed E-state index contributed by atoms with van der Waals surface area (Å²) in [6, 6.07) is 7.86. The molecule has 0 aliphatic heterocycles. The van der Waals surface area contributed by atoms with Gasteiger partial charge in [0, 0.05) is 17.1 Å². The molecule has 0 spiro atoms. The Morgan fingerprint density at radius 2 is 2.29 bits per heavy atom. The molecule has 0 fully saturated rings. The van der Waals surface area contributed by atoms with Crippen molar-refractivity contribution in [2.24, 2.45) is 5.73 Å². The zero-order chi connectivity index (χ0) is 15.4. The smallest absolute Gasteiger partial charge is 0.254 e. The van der Waals surface area contributed by atoms with Gasteiger partial charge in [-0.2, -0.15) is 5.10 Å². The predicted octanol–water partition coefficient (Wildman–Crippen LogP) is 2.41. The minimum atomic E-state index is -0.116. The standard InChI is InChI=1S/C15H19BrN4O/c1-10(17)6-7-18-15(21)14-9-19-20(11(14)2)13-5-3-4-12(16)8-13/h3-5,8-10H,6-7,17H2,1-2H3,(H,18,21). The van der Waals surface area contributed by atoms with Crippen LogP contribution in [0.5, 0.6) is 0 Å². The van der Waals surface area contributed by atoms with Crippen LogP contribution in [-0.4, -0.2) is 28.3 Å². The fourth-order valence-corrected chi connectivity index (χ4v) is 2.40. The largest absolute Gasteiger partial charge is 0.352 e. The fraction of sp³-hybridized carbons (Fsp3) is 0.333. The highest BCUT2D eigenvalue weighted by Gasteiger charge is 2.14. The fourth-order valence-electron chi connectivity index (χ4n) is 2.01. The molecule has 0 bridgehead atoms. The van der Waals surface area contributed by atoms with E-state index in [1.54, 1.807) is 10.9 Å². The van der Waals surface area contributed by atoms with E-state index in [4.69, 9.17) is 5.73 Å². The van der Waals surface area contributed by atoms with Crippen LogP contribution < -0.4 is 11.1 Å². The van der Waals surface area contributed by atoms with E-state index in [9.17, 15) is 4.79 Å². The van der Waals surface area contributed by atoms with Gasteiger partial charge in [-0.15, -0.1) is 0 Å². The second kappa shape index (κ2) is 6.87. The van der Waals surface area contributed by atoms with E-state index < -0.39 is 0 Å². The average Bonchev–Trinajstić information content (AvgIpc) is 2.80. The maximum absolute atomic E-state index is 12.1. The summed E-state index contributed by atoms with van der Waals surface area (Å²) in [7, 11) is 0. The van der Waals surface area contributed by atoms with Crippen molar-refractivity contribution in [3.8, 4) is 5.69 Å². The highest BCUT2D eigenvalue weighted by atomic mass is 79.9. The van der Waals surface area contributed by atoms with Crippen LogP contribution in [0.2, 0.25) is 0 Å². The first-order chi connectivity index (χ1) is 9.99. The summed E-state index contributed by atoms with van der Waals surface area (Å²) < 4.78 is 2.73. The Morgan fingerprint density at radius 1 is 1.52 bits per heavy atom. The van der Waals surface area contributed by atoms with Crippen LogP contribution in [-0.2, 0) is 0 Å². The molecule has 112 valence electrons. The molecule has 0 aliphatic carbocycles. The zero-order valence-electron chi connectivity index (χ0n) is 12.1. The van der Waals surface area contributed by atoms with E-state index >= 15 is 0 Å². The van der Waals surface area contributed by atoms with Gasteiger partial charge >= 0.3 is 0 Å². The minimum Gasteiger partial charge on any atom is -0.352 e. The van der Waals surface area contributed by atoms with Gasteiger partial charge in [0.05, 0.1) is 23.1 Å². The molecule has 0 saturated heterocycles. The number of nitrogens with zero attached hydrogens (tertiary/aromatic N) is 2. The monoisotopic (exact) mass is 350 g/mol. The van der Waals surface area contributed by atoms with Crippen LogP contribution in [0.3, 0.4) is 0 Å². The third kappa shape index (κ3) is 3.92. The lowest BCUT2D eigenvalue weighted by molar-refractivity contribution is 0.0952. The highest BCUT2D eigenvalue weighted by molar-refractivity contribution is 9.10. The summed E-state index contributed by atoms with van der Waals surface area (Å²) >= 11 is 3.44. The lowest BCUT2D eigenvalue weighted by atomic mass is 10.2. The van der Waals surface area contributed by atoms with Crippen LogP contribution in [0.4, 0.5) is 0 Å². The van der Waals surface area contributed by atoms with Gasteiger partial charge in [-0.05, 0) is 38.5 Å². The Labute approximate surface area is 132 Å². The normalized spacial score (nSPS) is 12.2. The predicted molar refractivity (Wildman–Crippen MR) is 86.6 cm³/mol. The average molecular weight is 351 g/mol. The number of nitrogens with two attached hydrogens (primary N) is 1. The number of halogens is 1. The van der Waals surface area contributed by atoms with Crippen molar-refractivity contribution < 1.29 is 4.79 Å². The summed E-state index contributed by atoms with van der Waals surface area (Å²) in [4.78, 5) is 12.1. The second-order valence-corrected chi connectivity index (χ2v) is 5.97. The van der Waals surface area contributed by atoms with Crippen molar-refractivity contribution >= 4 is 21.8 Å². The molecule has 1 atom stereocenters. The molecule has 6 heteroatoms. The lowest BCUT2D eigenvalue weighted by Crippen LogP contribution is -2.29. The summed E-state index contributed by atoms with van der Waals surface area (Å²) in [5, 5.41) is 7.17. The molecule has 0 saturated carbocycles. The Hall–Kier alpha value is -1.66. The Bertz CT molecular complexity index is 636. The van der Waals surface area contributed by atoms with Gasteiger partial charge in [-0.1, -0.05) is 22.0 Å². The molecule has 2 rings (SSSR count). The summed E-state index contributed by atoms with van der Waals surface area (Å²) in [6.07, 6.45) is 2.35. The summed E-state index contributed by atoms with van der Waals surface area (Å²) in [5.74, 6) is -0.116. The third-order valence-corrected chi connectivity index (χ3v) is 3.69. The Balaban J connectivity index is 2.15. The molecule has 1 aromatic heterocycles. The number of amides is 1. The number of benzene rings is 1. The van der Waals surface area contributed by atoms with Gasteiger partial charge in [-0.25, -0.2) is 4.68 Å². The van der Waals surface area contributed by atoms with E-state index in [-0.39, 0.29) is 11.9 Å². The van der Waals surface area contributed by atoms with E-state index in [0.717, 1.165) is 22.3 Å². The van der Waals surface area contributed by atoms with Crippen LogP contribution >= 0.6 is 15.9 Å². The number of hydrogen-bond acceptors (Lipinski definition) is 3. The van der Waals surface area contributed by atoms with Crippen molar-refractivity contribution in [1.29, 1.82) is 0 Å². The minimum absolute atomic E-state index is 0.0794. The van der Waals surface area contributed by atoms with Crippen molar-refractivity contribution in [3.63, 3.8) is 0 Å². The molecular formula is C15H19BrN4O. The zero-order valence-corrected chi connectivity index (χ0v) is 13.7. The van der Waals surface area contributed by atoms with Crippen LogP contribution in [0.25, 0.3) is 5.69 Å². The number of carbonyl (C=O) groups excluding carboxylic acids is 1. The molecule has 5 nitrogen and oxygen atoms in total. The van der Waals surface area contributed by atoms with E-state index in [1.165, 1.54) is 0 Å². The van der Waals surface area contributed by atoms with Gasteiger partial charge in [0.15, 0.2) is 0 Å². The van der Waals surface area contributed by atoms with Gasteiger partial charge in [0.2, 0.25) is 0 Å². The molecule has 1 heterocycles. The molecular weight excluding hydrogens is 332 g/mol. The molecule has 0 radical (unpaired) electrons. The molecule has 1 unspecified atom stereocenters. The van der Waals surface area contributed by atoms with Gasteiger partial charge < -0.3 is 11.1 Å². The van der Waals surface area contributed by atoms with Crippen LogP contribution in [0.1, 0.15) is 29.4 Å². The summed E-state index contributed by atoms with van der Waals surface area (Å²) in [6.45, 7) is 4.37. The topological polar surface area (TPSA) is 72.9 Å². The van der Waals surface area contributed by atoms with Crippen molar-refractivity contribution in [2.45, 2.75) is 26.3 Å². The molecule has 21 heavy (non-hydrogen) atoms. The molecule has 3 N–H and O–H groups in total. The number of aromatic nitrogens is 2. The molecule has 0 aliphatic rings. The lowest BCUT2D eigenvalue weighted by Gasteiger charge is -2.08. The third-order valence-electron chi connectivity index (χ3n) is 3.19. The van der Waals surface area contributed by atoms with Crippen molar-refractivity contribution in [2.75, 3.05) is 6.54 Å². The number of carbonyl (C=O) groups is 1. The first-order valence-corrected chi connectivity index (χ1v) is 7.62. The number of nitrogens with one attached hydrogen (secondary N) is 1. The summed E-state index contributed by atoms with van der Waals surface area (Å²) in [5.41, 5.74) is 7.98. The maximum Gasteiger partial charge on any atom is 0.254 e. The Kier molecular flexibility index (Phi) is 5.14.